The highest BCUT2D eigenvalue weighted by atomic mass is 16.4. The smallest absolute Gasteiger partial charge is 0.405 e. The zero-order chi connectivity index (χ0) is 10.8. The first-order valence-electron chi connectivity index (χ1n) is 4.73. The van der Waals surface area contributed by atoms with Gasteiger partial charge in [-0.2, -0.15) is 5.26 Å². The zero-order valence-corrected chi connectivity index (χ0v) is 8.03. The van der Waals surface area contributed by atoms with Gasteiger partial charge in [0.25, 0.3) is 0 Å². The first kappa shape index (κ1) is 9.53. The predicted molar refractivity (Wildman–Crippen MR) is 53.4 cm³/mol. The number of nitrogens with one attached hydrogen (secondary N) is 1. The minimum absolute atomic E-state index is 0.161. The molecule has 0 heterocycles. The van der Waals surface area contributed by atoms with Gasteiger partial charge in [-0.3, -0.25) is 0 Å². The molecular formula is C11H10N2O2. The van der Waals surface area contributed by atoms with Crippen molar-refractivity contribution in [3.8, 4) is 6.07 Å². The molecule has 0 saturated carbocycles. The van der Waals surface area contributed by atoms with E-state index in [4.69, 9.17) is 10.4 Å². The van der Waals surface area contributed by atoms with E-state index >= 15 is 0 Å². The summed E-state index contributed by atoms with van der Waals surface area (Å²) in [4.78, 5) is 10.5. The molecule has 0 aliphatic heterocycles. The van der Waals surface area contributed by atoms with Crippen LogP contribution in [-0.2, 0) is 6.42 Å². The van der Waals surface area contributed by atoms with Gasteiger partial charge in [-0.05, 0) is 30.0 Å². The minimum atomic E-state index is -1.02. The number of rotatable bonds is 1. The topological polar surface area (TPSA) is 73.1 Å². The number of amides is 1. The second-order valence-electron chi connectivity index (χ2n) is 3.53. The molecule has 15 heavy (non-hydrogen) atoms. The van der Waals surface area contributed by atoms with Gasteiger partial charge in [0.2, 0.25) is 0 Å². The minimum Gasteiger partial charge on any atom is -0.465 e. The second-order valence-corrected chi connectivity index (χ2v) is 3.53. The molecule has 0 aromatic heterocycles. The average Bonchev–Trinajstić information content (AvgIpc) is 2.61. The SMILES string of the molecule is N#Cc1cccc2c1CCC2NC(=O)O. The van der Waals surface area contributed by atoms with Crippen molar-refractivity contribution < 1.29 is 9.90 Å². The van der Waals surface area contributed by atoms with E-state index in [2.05, 4.69) is 11.4 Å². The summed E-state index contributed by atoms with van der Waals surface area (Å²) < 4.78 is 0. The van der Waals surface area contributed by atoms with Crippen molar-refractivity contribution in [2.45, 2.75) is 18.9 Å². The van der Waals surface area contributed by atoms with Gasteiger partial charge in [-0.15, -0.1) is 0 Å². The lowest BCUT2D eigenvalue weighted by molar-refractivity contribution is 0.190. The highest BCUT2D eigenvalue weighted by Gasteiger charge is 2.25. The van der Waals surface area contributed by atoms with Crippen LogP contribution in [0.3, 0.4) is 0 Å². The largest absolute Gasteiger partial charge is 0.465 e. The fourth-order valence-corrected chi connectivity index (χ4v) is 2.06. The highest BCUT2D eigenvalue weighted by Crippen LogP contribution is 2.32. The van der Waals surface area contributed by atoms with Crippen LogP contribution in [0, 0.1) is 11.3 Å². The molecule has 0 radical (unpaired) electrons. The van der Waals surface area contributed by atoms with E-state index < -0.39 is 6.09 Å². The Morgan fingerprint density at radius 2 is 2.40 bits per heavy atom. The molecule has 0 spiro atoms. The van der Waals surface area contributed by atoms with Crippen LogP contribution in [0.15, 0.2) is 18.2 Å². The number of benzene rings is 1. The third-order valence-electron chi connectivity index (χ3n) is 2.69. The van der Waals surface area contributed by atoms with Gasteiger partial charge in [0.15, 0.2) is 0 Å². The quantitative estimate of drug-likeness (QED) is 0.729. The van der Waals surface area contributed by atoms with Crippen molar-refractivity contribution in [1.29, 1.82) is 5.26 Å². The molecule has 4 heteroatoms. The second kappa shape index (κ2) is 3.62. The molecule has 1 aromatic rings. The van der Waals surface area contributed by atoms with E-state index in [0.29, 0.717) is 5.56 Å². The number of carboxylic acid groups (broad SMARTS) is 1. The molecule has 0 saturated heterocycles. The molecule has 1 aliphatic carbocycles. The monoisotopic (exact) mass is 202 g/mol. The van der Waals surface area contributed by atoms with Crippen LogP contribution in [0.25, 0.3) is 0 Å². The molecule has 4 nitrogen and oxygen atoms in total. The van der Waals surface area contributed by atoms with E-state index in [0.717, 1.165) is 24.0 Å². The maximum Gasteiger partial charge on any atom is 0.405 e. The van der Waals surface area contributed by atoms with Crippen LogP contribution < -0.4 is 5.32 Å². The van der Waals surface area contributed by atoms with Gasteiger partial charge in [0, 0.05) is 0 Å². The lowest BCUT2D eigenvalue weighted by Gasteiger charge is -2.10. The Morgan fingerprint density at radius 1 is 1.60 bits per heavy atom. The Kier molecular flexibility index (Phi) is 2.30. The van der Waals surface area contributed by atoms with Gasteiger partial charge in [-0.25, -0.2) is 4.79 Å². The lowest BCUT2D eigenvalue weighted by Crippen LogP contribution is -2.24. The molecule has 1 unspecified atom stereocenters. The average molecular weight is 202 g/mol. The molecule has 0 fully saturated rings. The van der Waals surface area contributed by atoms with Crippen LogP contribution in [0.2, 0.25) is 0 Å². The molecule has 2 N–H and O–H groups in total. The van der Waals surface area contributed by atoms with Crippen LogP contribution in [0.4, 0.5) is 4.79 Å². The maximum atomic E-state index is 10.5. The fourth-order valence-electron chi connectivity index (χ4n) is 2.06. The summed E-state index contributed by atoms with van der Waals surface area (Å²) in [5.74, 6) is 0. The van der Waals surface area contributed by atoms with E-state index in [1.807, 2.05) is 6.07 Å². The molecule has 1 atom stereocenters. The summed E-state index contributed by atoms with van der Waals surface area (Å²) in [6.45, 7) is 0. The van der Waals surface area contributed by atoms with Crippen LogP contribution in [-0.4, -0.2) is 11.2 Å². The number of hydrogen-bond donors (Lipinski definition) is 2. The lowest BCUT2D eigenvalue weighted by atomic mass is 10.0. The maximum absolute atomic E-state index is 10.5. The fraction of sp³-hybridized carbons (Fsp3) is 0.273. The number of nitriles is 1. The van der Waals surface area contributed by atoms with Gasteiger partial charge >= 0.3 is 6.09 Å². The van der Waals surface area contributed by atoms with Crippen molar-refractivity contribution in [2.24, 2.45) is 0 Å². The van der Waals surface area contributed by atoms with Crippen molar-refractivity contribution in [1.82, 2.24) is 5.32 Å². The van der Waals surface area contributed by atoms with Crippen molar-refractivity contribution >= 4 is 6.09 Å². The Bertz CT molecular complexity index is 448. The molecule has 76 valence electrons. The van der Waals surface area contributed by atoms with Crippen molar-refractivity contribution in [2.75, 3.05) is 0 Å². The van der Waals surface area contributed by atoms with E-state index in [1.54, 1.807) is 12.1 Å². The summed E-state index contributed by atoms with van der Waals surface area (Å²) in [5, 5.41) is 20.0. The van der Waals surface area contributed by atoms with Gasteiger partial charge < -0.3 is 10.4 Å². The number of hydrogen-bond acceptors (Lipinski definition) is 2. The van der Waals surface area contributed by atoms with Crippen LogP contribution in [0.5, 0.6) is 0 Å². The van der Waals surface area contributed by atoms with Gasteiger partial charge in [0.05, 0.1) is 17.7 Å². The Labute approximate surface area is 87.1 Å². The number of nitrogens with zero attached hydrogens (tertiary/aromatic N) is 1. The summed E-state index contributed by atoms with van der Waals surface area (Å²) >= 11 is 0. The van der Waals surface area contributed by atoms with Crippen LogP contribution >= 0.6 is 0 Å². The third-order valence-corrected chi connectivity index (χ3v) is 2.69. The number of carbonyl (C=O) groups is 1. The standard InChI is InChI=1S/C11H10N2O2/c12-6-7-2-1-3-9-8(7)4-5-10(9)13-11(14)15/h1-3,10,13H,4-5H2,(H,14,15). The third kappa shape index (κ3) is 1.64. The van der Waals surface area contributed by atoms with E-state index in [-0.39, 0.29) is 6.04 Å². The van der Waals surface area contributed by atoms with E-state index in [9.17, 15) is 4.79 Å². The van der Waals surface area contributed by atoms with Crippen molar-refractivity contribution in [3.63, 3.8) is 0 Å². The van der Waals surface area contributed by atoms with Crippen LogP contribution in [0.1, 0.15) is 29.2 Å². The van der Waals surface area contributed by atoms with E-state index in [1.165, 1.54) is 0 Å². The zero-order valence-electron chi connectivity index (χ0n) is 8.03. The number of fused-ring (bicyclic) bond motifs is 1. The van der Waals surface area contributed by atoms with Crippen molar-refractivity contribution in [3.05, 3.63) is 34.9 Å². The first-order valence-corrected chi connectivity index (χ1v) is 4.73. The summed E-state index contributed by atoms with van der Waals surface area (Å²) in [6.07, 6.45) is 0.486. The molecule has 1 aliphatic rings. The Balaban J connectivity index is 2.36. The summed E-state index contributed by atoms with van der Waals surface area (Å²) in [6, 6.07) is 7.40. The molecule has 1 amide bonds. The van der Waals surface area contributed by atoms with Gasteiger partial charge in [-0.1, -0.05) is 12.1 Å². The Morgan fingerprint density at radius 3 is 3.07 bits per heavy atom. The molecule has 1 aromatic carbocycles. The summed E-state index contributed by atoms with van der Waals surface area (Å²) in [5.41, 5.74) is 2.58. The highest BCUT2D eigenvalue weighted by molar-refractivity contribution is 5.66. The summed E-state index contributed by atoms with van der Waals surface area (Å²) in [7, 11) is 0. The normalized spacial score (nSPS) is 17.9. The molecular weight excluding hydrogens is 192 g/mol. The first-order chi connectivity index (χ1) is 7.22. The Hall–Kier alpha value is -2.02. The van der Waals surface area contributed by atoms with Gasteiger partial charge in [0.1, 0.15) is 0 Å². The molecule has 0 bridgehead atoms. The predicted octanol–water partition coefficient (Wildman–Crippen LogP) is 1.81. The molecule has 2 rings (SSSR count).